The van der Waals surface area contributed by atoms with Gasteiger partial charge < -0.3 is 19.9 Å². The third-order valence-electron chi connectivity index (χ3n) is 4.36. The van der Waals surface area contributed by atoms with Gasteiger partial charge in [-0.15, -0.1) is 0 Å². The van der Waals surface area contributed by atoms with Crippen LogP contribution in [0.4, 0.5) is 11.4 Å². The van der Waals surface area contributed by atoms with E-state index in [1.165, 1.54) is 0 Å². The number of halogens is 2. The van der Waals surface area contributed by atoms with Crippen LogP contribution in [0.2, 0.25) is 10.0 Å². The van der Waals surface area contributed by atoms with Gasteiger partial charge in [-0.25, -0.2) is 0 Å². The van der Waals surface area contributed by atoms with Gasteiger partial charge in [-0.3, -0.25) is 4.79 Å². The summed E-state index contributed by atoms with van der Waals surface area (Å²) in [5.41, 5.74) is 1.94. The number of rotatable bonds is 6. The molecule has 0 saturated carbocycles. The number of benzene rings is 2. The van der Waals surface area contributed by atoms with Crippen LogP contribution in [0.15, 0.2) is 42.5 Å². The lowest BCUT2D eigenvalue weighted by Crippen LogP contribution is -2.51. The molecular formula is C19H21Cl2N3O2. The third-order valence-corrected chi connectivity index (χ3v) is 5.10. The van der Waals surface area contributed by atoms with E-state index in [1.807, 2.05) is 47.2 Å². The van der Waals surface area contributed by atoms with E-state index in [9.17, 15) is 4.79 Å². The standard InChI is InChI=1S/C19H21Cl2N3O2/c1-22-14-2-5-16(6-3-14)26-11-10-23-8-9-24(13-19(23)25)15-4-7-17(20)18(21)12-15/h2-7,12,22H,8-11,13H2,1H3. The quantitative estimate of drug-likeness (QED) is 0.811. The number of ether oxygens (including phenoxy) is 1. The van der Waals surface area contributed by atoms with Crippen LogP contribution in [0.1, 0.15) is 0 Å². The van der Waals surface area contributed by atoms with E-state index < -0.39 is 0 Å². The molecule has 1 fully saturated rings. The number of carbonyl (C=O) groups is 1. The second-order valence-corrected chi connectivity index (χ2v) is 6.84. The Morgan fingerprint density at radius 1 is 1.08 bits per heavy atom. The summed E-state index contributed by atoms with van der Waals surface area (Å²) < 4.78 is 5.73. The average Bonchev–Trinajstić information content (AvgIpc) is 2.66. The summed E-state index contributed by atoms with van der Waals surface area (Å²) in [6, 6.07) is 13.2. The molecule has 7 heteroatoms. The molecule has 138 valence electrons. The van der Waals surface area contributed by atoms with E-state index in [0.29, 0.717) is 36.3 Å². The van der Waals surface area contributed by atoms with Crippen LogP contribution in [0.5, 0.6) is 5.75 Å². The van der Waals surface area contributed by atoms with Crippen LogP contribution < -0.4 is 15.0 Å². The van der Waals surface area contributed by atoms with Gasteiger partial charge in [-0.1, -0.05) is 23.2 Å². The van der Waals surface area contributed by atoms with Crippen LogP contribution >= 0.6 is 23.2 Å². The Hall–Kier alpha value is -2.11. The fourth-order valence-electron chi connectivity index (χ4n) is 2.84. The summed E-state index contributed by atoms with van der Waals surface area (Å²) in [5.74, 6) is 0.877. The Bertz CT molecular complexity index is 768. The maximum atomic E-state index is 12.4. The van der Waals surface area contributed by atoms with E-state index in [2.05, 4.69) is 5.32 Å². The lowest BCUT2D eigenvalue weighted by molar-refractivity contribution is -0.131. The molecule has 0 aliphatic carbocycles. The van der Waals surface area contributed by atoms with Crippen molar-refractivity contribution in [2.24, 2.45) is 0 Å². The Balaban J connectivity index is 1.49. The Morgan fingerprint density at radius 2 is 1.85 bits per heavy atom. The second kappa shape index (κ2) is 8.52. The highest BCUT2D eigenvalue weighted by molar-refractivity contribution is 6.42. The summed E-state index contributed by atoms with van der Waals surface area (Å²) in [6.45, 7) is 2.77. The number of hydrogen-bond acceptors (Lipinski definition) is 4. The first-order chi connectivity index (χ1) is 12.6. The number of piperazine rings is 1. The summed E-state index contributed by atoms with van der Waals surface area (Å²) in [4.78, 5) is 16.3. The molecule has 0 unspecified atom stereocenters. The highest BCUT2D eigenvalue weighted by Crippen LogP contribution is 2.27. The van der Waals surface area contributed by atoms with E-state index in [-0.39, 0.29) is 5.91 Å². The fraction of sp³-hybridized carbons (Fsp3) is 0.316. The molecule has 5 nitrogen and oxygen atoms in total. The van der Waals surface area contributed by atoms with Crippen LogP contribution in [0, 0.1) is 0 Å². The molecule has 0 atom stereocenters. The molecule has 0 aromatic heterocycles. The second-order valence-electron chi connectivity index (χ2n) is 6.02. The molecule has 1 heterocycles. The zero-order valence-electron chi connectivity index (χ0n) is 14.5. The maximum Gasteiger partial charge on any atom is 0.242 e. The van der Waals surface area contributed by atoms with Crippen LogP contribution in [-0.4, -0.2) is 50.6 Å². The Morgan fingerprint density at radius 3 is 2.50 bits per heavy atom. The number of nitrogens with zero attached hydrogens (tertiary/aromatic N) is 2. The molecule has 2 aromatic carbocycles. The zero-order valence-corrected chi connectivity index (χ0v) is 16.1. The van der Waals surface area contributed by atoms with Crippen LogP contribution in [0.3, 0.4) is 0 Å². The highest BCUT2D eigenvalue weighted by atomic mass is 35.5. The summed E-state index contributed by atoms with van der Waals surface area (Å²) in [7, 11) is 1.87. The Kier molecular flexibility index (Phi) is 6.12. The minimum Gasteiger partial charge on any atom is -0.492 e. The molecule has 0 radical (unpaired) electrons. The van der Waals surface area contributed by atoms with Crippen molar-refractivity contribution in [3.8, 4) is 5.75 Å². The average molecular weight is 394 g/mol. The van der Waals surface area contributed by atoms with Crippen LogP contribution in [-0.2, 0) is 4.79 Å². The summed E-state index contributed by atoms with van der Waals surface area (Å²) in [6.07, 6.45) is 0. The van der Waals surface area contributed by atoms with Gasteiger partial charge in [-0.05, 0) is 42.5 Å². The van der Waals surface area contributed by atoms with Crippen molar-refractivity contribution in [2.45, 2.75) is 0 Å². The van der Waals surface area contributed by atoms with Crippen LogP contribution in [0.25, 0.3) is 0 Å². The molecule has 1 N–H and O–H groups in total. The first-order valence-corrected chi connectivity index (χ1v) is 9.21. The van der Waals surface area contributed by atoms with Gasteiger partial charge in [0.2, 0.25) is 5.91 Å². The van der Waals surface area contributed by atoms with Crippen molar-refractivity contribution >= 4 is 40.5 Å². The van der Waals surface area contributed by atoms with Crippen molar-refractivity contribution in [1.29, 1.82) is 0 Å². The van der Waals surface area contributed by atoms with E-state index in [0.717, 1.165) is 23.7 Å². The van der Waals surface area contributed by atoms with Crippen molar-refractivity contribution < 1.29 is 9.53 Å². The monoisotopic (exact) mass is 393 g/mol. The molecule has 0 spiro atoms. The van der Waals surface area contributed by atoms with Gasteiger partial charge in [0.25, 0.3) is 0 Å². The van der Waals surface area contributed by atoms with E-state index in [1.54, 1.807) is 12.1 Å². The Labute approximate surface area is 163 Å². The molecule has 3 rings (SSSR count). The van der Waals surface area contributed by atoms with Gasteiger partial charge >= 0.3 is 0 Å². The van der Waals surface area contributed by atoms with Gasteiger partial charge in [0.05, 0.1) is 23.1 Å². The van der Waals surface area contributed by atoms with Gasteiger partial charge in [0, 0.05) is 31.5 Å². The summed E-state index contributed by atoms with van der Waals surface area (Å²) in [5, 5.41) is 4.07. The molecular weight excluding hydrogens is 373 g/mol. The molecule has 26 heavy (non-hydrogen) atoms. The summed E-state index contributed by atoms with van der Waals surface area (Å²) >= 11 is 12.0. The molecule has 0 bridgehead atoms. The lowest BCUT2D eigenvalue weighted by atomic mass is 10.2. The van der Waals surface area contributed by atoms with Crippen molar-refractivity contribution in [3.63, 3.8) is 0 Å². The van der Waals surface area contributed by atoms with Crippen molar-refractivity contribution in [1.82, 2.24) is 4.90 Å². The highest BCUT2D eigenvalue weighted by Gasteiger charge is 2.24. The third kappa shape index (κ3) is 4.54. The predicted molar refractivity (Wildman–Crippen MR) is 107 cm³/mol. The van der Waals surface area contributed by atoms with E-state index in [4.69, 9.17) is 27.9 Å². The van der Waals surface area contributed by atoms with Gasteiger partial charge in [0.15, 0.2) is 0 Å². The number of hydrogen-bond donors (Lipinski definition) is 1. The lowest BCUT2D eigenvalue weighted by Gasteiger charge is -2.35. The van der Waals surface area contributed by atoms with E-state index >= 15 is 0 Å². The van der Waals surface area contributed by atoms with Gasteiger partial charge in [0.1, 0.15) is 12.4 Å². The maximum absolute atomic E-state index is 12.4. The zero-order chi connectivity index (χ0) is 18.5. The number of carbonyl (C=O) groups excluding carboxylic acids is 1. The van der Waals surface area contributed by atoms with Gasteiger partial charge in [-0.2, -0.15) is 0 Å². The SMILES string of the molecule is CNc1ccc(OCCN2CCN(c3ccc(Cl)c(Cl)c3)CC2=O)cc1. The van der Waals surface area contributed by atoms with Crippen molar-refractivity contribution in [2.75, 3.05) is 50.1 Å². The molecule has 1 saturated heterocycles. The molecule has 1 amide bonds. The topological polar surface area (TPSA) is 44.8 Å². The first-order valence-electron chi connectivity index (χ1n) is 8.45. The normalized spacial score (nSPS) is 14.5. The smallest absolute Gasteiger partial charge is 0.242 e. The van der Waals surface area contributed by atoms with Crippen molar-refractivity contribution in [3.05, 3.63) is 52.5 Å². The predicted octanol–water partition coefficient (Wildman–Crippen LogP) is 3.76. The minimum atomic E-state index is 0.0800. The largest absolute Gasteiger partial charge is 0.492 e. The number of nitrogens with one attached hydrogen (secondary N) is 1. The molecule has 1 aliphatic heterocycles. The minimum absolute atomic E-state index is 0.0800. The number of anilines is 2. The molecule has 1 aliphatic rings. The fourth-order valence-corrected chi connectivity index (χ4v) is 3.13. The first kappa shape index (κ1) is 18.7. The number of amides is 1. The molecule has 2 aromatic rings.